The van der Waals surface area contributed by atoms with Crippen LogP contribution in [0.15, 0.2) is 94.2 Å². The van der Waals surface area contributed by atoms with Crippen LogP contribution in [0.5, 0.6) is 0 Å². The van der Waals surface area contributed by atoms with E-state index in [9.17, 15) is 26.3 Å². The summed E-state index contributed by atoms with van der Waals surface area (Å²) in [6.07, 6.45) is -7.33. The summed E-state index contributed by atoms with van der Waals surface area (Å²) in [5, 5.41) is 1.73. The van der Waals surface area contributed by atoms with E-state index in [2.05, 4.69) is 4.99 Å². The lowest BCUT2D eigenvalue weighted by Gasteiger charge is -2.09. The molecule has 0 aliphatic carbocycles. The molecule has 8 heteroatoms. The molecule has 0 saturated carbocycles. The van der Waals surface area contributed by atoms with Crippen LogP contribution in [0.3, 0.4) is 0 Å². The standard InChI is InChI=1S/C24H17F6NS/c1-16-2-12-21(13-3-16)32-15-14-22(17-4-6-18(7-5-17)23(25,26)27)31-20-10-8-19(9-11-20)24(28,29)30/h2-15H,1H3/b15-14+,31-22-. The van der Waals surface area contributed by atoms with Crippen molar-refractivity contribution in [3.8, 4) is 0 Å². The first-order valence-corrected chi connectivity index (χ1v) is 10.2. The second-order valence-electron chi connectivity index (χ2n) is 6.85. The number of nitrogens with zero attached hydrogens (tertiary/aromatic N) is 1. The Bertz CT molecular complexity index is 1090. The molecule has 0 N–H and O–H groups in total. The summed E-state index contributed by atoms with van der Waals surface area (Å²) >= 11 is 1.39. The van der Waals surface area contributed by atoms with E-state index < -0.39 is 23.5 Å². The minimum atomic E-state index is -4.47. The molecule has 0 aromatic heterocycles. The topological polar surface area (TPSA) is 12.4 Å². The van der Waals surface area contributed by atoms with E-state index in [0.29, 0.717) is 11.3 Å². The molecule has 0 aliphatic rings. The Labute approximate surface area is 185 Å². The van der Waals surface area contributed by atoms with E-state index in [0.717, 1.165) is 34.7 Å². The number of alkyl halides is 6. The van der Waals surface area contributed by atoms with E-state index in [4.69, 9.17) is 0 Å². The fourth-order valence-corrected chi connectivity index (χ4v) is 3.33. The summed E-state index contributed by atoms with van der Waals surface area (Å²) in [6.45, 7) is 1.96. The Morgan fingerprint density at radius 1 is 0.719 bits per heavy atom. The molecule has 0 bridgehead atoms. The van der Waals surface area contributed by atoms with Crippen molar-refractivity contribution in [1.82, 2.24) is 0 Å². The highest BCUT2D eigenvalue weighted by atomic mass is 32.2. The molecule has 0 amide bonds. The zero-order valence-electron chi connectivity index (χ0n) is 16.7. The van der Waals surface area contributed by atoms with Gasteiger partial charge in [-0.15, -0.1) is 0 Å². The maximum atomic E-state index is 12.9. The van der Waals surface area contributed by atoms with Gasteiger partial charge in [0, 0.05) is 10.5 Å². The zero-order chi connectivity index (χ0) is 23.4. The van der Waals surface area contributed by atoms with E-state index in [-0.39, 0.29) is 5.69 Å². The minimum Gasteiger partial charge on any atom is -0.248 e. The van der Waals surface area contributed by atoms with Gasteiger partial charge in [-0.3, -0.25) is 0 Å². The fourth-order valence-electron chi connectivity index (χ4n) is 2.69. The number of rotatable bonds is 5. The SMILES string of the molecule is Cc1ccc(S/C=C/C(=N/c2ccc(C(F)(F)F)cc2)c2ccc(C(F)(F)F)cc2)cc1. The van der Waals surface area contributed by atoms with Crippen molar-refractivity contribution in [2.24, 2.45) is 4.99 Å². The predicted molar refractivity (Wildman–Crippen MR) is 115 cm³/mol. The molecular formula is C24H17F6NS. The molecule has 0 heterocycles. The maximum absolute atomic E-state index is 12.9. The highest BCUT2D eigenvalue weighted by molar-refractivity contribution is 8.02. The van der Waals surface area contributed by atoms with Crippen molar-refractivity contribution in [2.75, 3.05) is 0 Å². The predicted octanol–water partition coefficient (Wildman–Crippen LogP) is 8.46. The summed E-state index contributed by atoms with van der Waals surface area (Å²) in [4.78, 5) is 5.31. The second-order valence-corrected chi connectivity index (χ2v) is 7.83. The molecule has 0 saturated heterocycles. The number of thioether (sulfide) groups is 1. The van der Waals surface area contributed by atoms with E-state index >= 15 is 0 Å². The van der Waals surface area contributed by atoms with E-state index in [1.54, 1.807) is 11.5 Å². The van der Waals surface area contributed by atoms with Gasteiger partial charge in [-0.25, -0.2) is 4.99 Å². The number of aryl methyl sites for hydroxylation is 1. The molecule has 0 radical (unpaired) electrons. The van der Waals surface area contributed by atoms with Crippen LogP contribution in [0.4, 0.5) is 32.0 Å². The highest BCUT2D eigenvalue weighted by Crippen LogP contribution is 2.31. The summed E-state index contributed by atoms with van der Waals surface area (Å²) in [6, 6.07) is 16.5. The third-order valence-corrected chi connectivity index (χ3v) is 5.22. The van der Waals surface area contributed by atoms with Gasteiger partial charge in [0.2, 0.25) is 0 Å². The molecule has 0 unspecified atom stereocenters. The van der Waals surface area contributed by atoms with Crippen LogP contribution >= 0.6 is 11.8 Å². The largest absolute Gasteiger partial charge is 0.416 e. The Hall–Kier alpha value is -3.00. The fraction of sp³-hybridized carbons (Fsp3) is 0.125. The Morgan fingerprint density at radius 3 is 1.72 bits per heavy atom. The van der Waals surface area contributed by atoms with Gasteiger partial charge in [0.15, 0.2) is 0 Å². The van der Waals surface area contributed by atoms with Gasteiger partial charge in [-0.05, 0) is 66.9 Å². The molecular weight excluding hydrogens is 448 g/mol. The highest BCUT2D eigenvalue weighted by Gasteiger charge is 2.30. The molecule has 0 fully saturated rings. The zero-order valence-corrected chi connectivity index (χ0v) is 17.5. The summed E-state index contributed by atoms with van der Waals surface area (Å²) in [7, 11) is 0. The van der Waals surface area contributed by atoms with Crippen molar-refractivity contribution in [3.05, 3.63) is 107 Å². The quantitative estimate of drug-likeness (QED) is 0.209. The molecule has 166 valence electrons. The van der Waals surface area contributed by atoms with Crippen LogP contribution in [-0.2, 0) is 12.4 Å². The summed E-state index contributed by atoms with van der Waals surface area (Å²) < 4.78 is 77.0. The van der Waals surface area contributed by atoms with Crippen LogP contribution in [-0.4, -0.2) is 5.71 Å². The number of halogens is 6. The maximum Gasteiger partial charge on any atom is 0.416 e. The van der Waals surface area contributed by atoms with Gasteiger partial charge in [0.05, 0.1) is 22.5 Å². The molecule has 3 aromatic carbocycles. The van der Waals surface area contributed by atoms with Gasteiger partial charge in [-0.2, -0.15) is 26.3 Å². The lowest BCUT2D eigenvalue weighted by Crippen LogP contribution is -2.05. The third-order valence-electron chi connectivity index (χ3n) is 4.40. The molecule has 0 spiro atoms. The number of benzene rings is 3. The number of hydrogen-bond donors (Lipinski definition) is 0. The van der Waals surface area contributed by atoms with Crippen LogP contribution in [0.1, 0.15) is 22.3 Å². The Morgan fingerprint density at radius 2 is 1.22 bits per heavy atom. The average Bonchev–Trinajstić information content (AvgIpc) is 2.74. The molecule has 3 aromatic rings. The Kier molecular flexibility index (Phi) is 7.13. The number of aliphatic imine (C=N–C) groups is 1. The van der Waals surface area contributed by atoms with E-state index in [1.165, 1.54) is 36.0 Å². The lowest BCUT2D eigenvalue weighted by atomic mass is 10.1. The van der Waals surface area contributed by atoms with Crippen molar-refractivity contribution < 1.29 is 26.3 Å². The van der Waals surface area contributed by atoms with Crippen LogP contribution < -0.4 is 0 Å². The molecule has 32 heavy (non-hydrogen) atoms. The minimum absolute atomic E-state index is 0.248. The van der Waals surface area contributed by atoms with Crippen LogP contribution in [0, 0.1) is 6.92 Å². The first kappa shape index (κ1) is 23.7. The summed E-state index contributed by atoms with van der Waals surface area (Å²) in [5.41, 5.74) is 0.466. The van der Waals surface area contributed by atoms with Crippen LogP contribution in [0.2, 0.25) is 0 Å². The molecule has 0 aliphatic heterocycles. The van der Waals surface area contributed by atoms with Gasteiger partial charge in [0.1, 0.15) is 0 Å². The molecule has 0 atom stereocenters. The third kappa shape index (κ3) is 6.50. The van der Waals surface area contributed by atoms with Gasteiger partial charge in [-0.1, -0.05) is 41.6 Å². The first-order chi connectivity index (χ1) is 15.0. The van der Waals surface area contributed by atoms with Crippen molar-refractivity contribution in [1.29, 1.82) is 0 Å². The van der Waals surface area contributed by atoms with Crippen molar-refractivity contribution in [3.63, 3.8) is 0 Å². The van der Waals surface area contributed by atoms with Crippen molar-refractivity contribution >= 4 is 23.2 Å². The van der Waals surface area contributed by atoms with E-state index in [1.807, 2.05) is 31.2 Å². The summed E-state index contributed by atoms with van der Waals surface area (Å²) in [5.74, 6) is 0. The lowest BCUT2D eigenvalue weighted by molar-refractivity contribution is -0.138. The van der Waals surface area contributed by atoms with Gasteiger partial charge < -0.3 is 0 Å². The molecule has 1 nitrogen and oxygen atoms in total. The van der Waals surface area contributed by atoms with Gasteiger partial charge >= 0.3 is 12.4 Å². The second kappa shape index (κ2) is 9.65. The Balaban J connectivity index is 1.92. The van der Waals surface area contributed by atoms with Crippen LogP contribution in [0.25, 0.3) is 0 Å². The number of hydrogen-bond acceptors (Lipinski definition) is 2. The van der Waals surface area contributed by atoms with Gasteiger partial charge in [0.25, 0.3) is 0 Å². The normalized spacial score (nSPS) is 13.0. The molecule has 3 rings (SSSR count). The average molecular weight is 465 g/mol. The number of allylic oxidation sites excluding steroid dienone is 1. The van der Waals surface area contributed by atoms with Crippen molar-refractivity contribution in [2.45, 2.75) is 24.2 Å². The monoisotopic (exact) mass is 465 g/mol. The smallest absolute Gasteiger partial charge is 0.248 e. The first-order valence-electron chi connectivity index (χ1n) is 9.36.